The molecule has 0 saturated heterocycles. The Morgan fingerprint density at radius 1 is 1.38 bits per heavy atom. The minimum Gasteiger partial charge on any atom is -0.465 e. The van der Waals surface area contributed by atoms with Crippen molar-refractivity contribution in [2.24, 2.45) is 5.92 Å². The number of nitrogens with two attached hydrogens (primary N) is 1. The number of hydrogen-bond acceptors (Lipinski definition) is 8. The van der Waals surface area contributed by atoms with E-state index in [4.69, 9.17) is 15.2 Å². The molecule has 0 aliphatic heterocycles. The molecule has 1 aliphatic rings. The number of nitrogen functional groups attached to an aromatic ring is 1. The van der Waals surface area contributed by atoms with Crippen LogP contribution in [0.15, 0.2) is 18.5 Å². The van der Waals surface area contributed by atoms with Crippen molar-refractivity contribution in [3.05, 3.63) is 22.2 Å². The number of anilines is 1. The summed E-state index contributed by atoms with van der Waals surface area (Å²) < 4.78 is 13.1. The highest BCUT2D eigenvalue weighted by atomic mass is 127. The SMILES string of the molecule is C=C1C(COC(C)=O)C(OC(C)=O)CC1n1cnc2c(I)nc(N)nc21. The summed E-state index contributed by atoms with van der Waals surface area (Å²) >= 11 is 2.05. The van der Waals surface area contributed by atoms with Crippen molar-refractivity contribution in [3.8, 4) is 0 Å². The zero-order valence-electron chi connectivity index (χ0n) is 14.3. The van der Waals surface area contributed by atoms with Crippen LogP contribution in [0.25, 0.3) is 11.2 Å². The van der Waals surface area contributed by atoms with Gasteiger partial charge in [0.1, 0.15) is 21.9 Å². The zero-order valence-corrected chi connectivity index (χ0v) is 16.5. The predicted molar refractivity (Wildman–Crippen MR) is 101 cm³/mol. The Kier molecular flexibility index (Phi) is 5.12. The number of carbonyl (C=O) groups excluding carboxylic acids is 2. The van der Waals surface area contributed by atoms with E-state index >= 15 is 0 Å². The fraction of sp³-hybridized carbons (Fsp3) is 0.438. The van der Waals surface area contributed by atoms with E-state index in [-0.39, 0.29) is 24.5 Å². The molecule has 0 bridgehead atoms. The number of nitrogens with zero attached hydrogens (tertiary/aromatic N) is 4. The van der Waals surface area contributed by atoms with E-state index in [1.54, 1.807) is 6.33 Å². The van der Waals surface area contributed by atoms with E-state index in [0.29, 0.717) is 21.3 Å². The number of ether oxygens (including phenoxy) is 2. The quantitative estimate of drug-likeness (QED) is 0.309. The summed E-state index contributed by atoms with van der Waals surface area (Å²) in [5.74, 6) is -0.942. The van der Waals surface area contributed by atoms with Gasteiger partial charge < -0.3 is 19.8 Å². The molecule has 2 heterocycles. The Balaban J connectivity index is 1.96. The van der Waals surface area contributed by atoms with Gasteiger partial charge in [0.05, 0.1) is 18.3 Å². The van der Waals surface area contributed by atoms with E-state index in [2.05, 4.69) is 44.1 Å². The molecule has 0 amide bonds. The molecule has 2 N–H and O–H groups in total. The highest BCUT2D eigenvalue weighted by Gasteiger charge is 2.42. The molecule has 0 spiro atoms. The normalized spacial score (nSPS) is 22.6. The molecule has 2 aromatic rings. The number of halogens is 1. The lowest BCUT2D eigenvalue weighted by molar-refractivity contribution is -0.150. The van der Waals surface area contributed by atoms with E-state index in [0.717, 1.165) is 5.57 Å². The minimum absolute atomic E-state index is 0.101. The molecule has 2 aromatic heterocycles. The number of imidazole rings is 1. The first-order chi connectivity index (χ1) is 12.3. The molecule has 10 heteroatoms. The average Bonchev–Trinajstić information content (AvgIpc) is 3.06. The predicted octanol–water partition coefficient (Wildman–Crippen LogP) is 1.63. The van der Waals surface area contributed by atoms with Gasteiger partial charge in [-0.15, -0.1) is 0 Å². The summed E-state index contributed by atoms with van der Waals surface area (Å²) in [5.41, 5.74) is 7.78. The highest BCUT2D eigenvalue weighted by Crippen LogP contribution is 2.42. The standard InChI is InChI=1S/C16H18IN5O4/c1-7-10(5-25-8(2)23)12(26-9(3)24)4-11(7)22-6-19-13-14(17)20-16(18)21-15(13)22/h6,10-12H,1,4-5H2,2-3H3,(H2,18,20,21). The first kappa shape index (κ1) is 18.5. The van der Waals surface area contributed by atoms with Crippen LogP contribution in [0.4, 0.5) is 5.95 Å². The van der Waals surface area contributed by atoms with Gasteiger partial charge in [0.25, 0.3) is 0 Å². The number of aromatic nitrogens is 4. The van der Waals surface area contributed by atoms with E-state index in [9.17, 15) is 9.59 Å². The highest BCUT2D eigenvalue weighted by molar-refractivity contribution is 14.1. The molecule has 1 fully saturated rings. The number of fused-ring (bicyclic) bond motifs is 1. The van der Waals surface area contributed by atoms with Crippen molar-refractivity contribution in [2.45, 2.75) is 32.4 Å². The molecule has 26 heavy (non-hydrogen) atoms. The van der Waals surface area contributed by atoms with Crippen LogP contribution >= 0.6 is 22.6 Å². The van der Waals surface area contributed by atoms with Gasteiger partial charge >= 0.3 is 11.9 Å². The molecule has 138 valence electrons. The van der Waals surface area contributed by atoms with Crippen molar-refractivity contribution in [1.82, 2.24) is 19.5 Å². The number of esters is 2. The molecule has 9 nitrogen and oxygen atoms in total. The van der Waals surface area contributed by atoms with Gasteiger partial charge in [-0.3, -0.25) is 9.59 Å². The lowest BCUT2D eigenvalue weighted by atomic mass is 10.0. The van der Waals surface area contributed by atoms with Crippen molar-refractivity contribution >= 4 is 51.6 Å². The third-order valence-electron chi connectivity index (χ3n) is 4.32. The van der Waals surface area contributed by atoms with E-state index in [1.165, 1.54) is 13.8 Å². The van der Waals surface area contributed by atoms with Gasteiger partial charge in [-0.25, -0.2) is 9.97 Å². The van der Waals surface area contributed by atoms with Gasteiger partial charge in [-0.1, -0.05) is 6.58 Å². The molecule has 3 rings (SSSR count). The second-order valence-electron chi connectivity index (χ2n) is 6.08. The molecule has 1 saturated carbocycles. The van der Waals surface area contributed by atoms with E-state index < -0.39 is 18.0 Å². The van der Waals surface area contributed by atoms with Crippen LogP contribution in [0, 0.1) is 9.62 Å². The second kappa shape index (κ2) is 7.17. The van der Waals surface area contributed by atoms with Gasteiger partial charge in [-0.05, 0) is 28.2 Å². The Morgan fingerprint density at radius 3 is 2.77 bits per heavy atom. The fourth-order valence-electron chi connectivity index (χ4n) is 3.20. The second-order valence-corrected chi connectivity index (χ2v) is 7.10. The summed E-state index contributed by atoms with van der Waals surface area (Å²) in [4.78, 5) is 35.4. The third kappa shape index (κ3) is 3.50. The number of hydrogen-bond donors (Lipinski definition) is 1. The number of carbonyl (C=O) groups is 2. The minimum atomic E-state index is -0.444. The van der Waals surface area contributed by atoms with Gasteiger partial charge in [0, 0.05) is 20.3 Å². The van der Waals surface area contributed by atoms with Crippen LogP contribution in [-0.4, -0.2) is 44.2 Å². The number of rotatable bonds is 4. The fourth-order valence-corrected chi connectivity index (χ4v) is 3.83. The molecular formula is C16H18IN5O4. The van der Waals surface area contributed by atoms with E-state index in [1.807, 2.05) is 4.57 Å². The smallest absolute Gasteiger partial charge is 0.302 e. The Morgan fingerprint density at radius 2 is 2.12 bits per heavy atom. The Hall–Kier alpha value is -2.24. The summed E-state index contributed by atoms with van der Waals surface area (Å²) in [5, 5.41) is 0. The van der Waals surface area contributed by atoms with Crippen molar-refractivity contribution in [3.63, 3.8) is 0 Å². The van der Waals surface area contributed by atoms with Crippen molar-refractivity contribution in [1.29, 1.82) is 0 Å². The van der Waals surface area contributed by atoms with Crippen LogP contribution in [0.3, 0.4) is 0 Å². The lowest BCUT2D eigenvalue weighted by Gasteiger charge is -2.19. The van der Waals surface area contributed by atoms with Gasteiger partial charge in [-0.2, -0.15) is 4.98 Å². The molecule has 1 aliphatic carbocycles. The summed E-state index contributed by atoms with van der Waals surface area (Å²) in [6, 6.07) is -0.213. The summed E-state index contributed by atoms with van der Waals surface area (Å²) in [6.07, 6.45) is 1.69. The van der Waals surface area contributed by atoms with Crippen molar-refractivity contribution < 1.29 is 19.1 Å². The van der Waals surface area contributed by atoms with Crippen LogP contribution in [0.2, 0.25) is 0 Å². The molecule has 0 aromatic carbocycles. The maximum absolute atomic E-state index is 11.5. The Bertz CT molecular complexity index is 896. The van der Waals surface area contributed by atoms with Crippen LogP contribution in [-0.2, 0) is 19.1 Å². The molecular weight excluding hydrogens is 453 g/mol. The van der Waals surface area contributed by atoms with Gasteiger partial charge in [0.2, 0.25) is 5.95 Å². The monoisotopic (exact) mass is 471 g/mol. The Labute approximate surface area is 163 Å². The summed E-state index contributed by atoms with van der Waals surface area (Å²) in [6.45, 7) is 6.94. The largest absolute Gasteiger partial charge is 0.465 e. The molecule has 3 atom stereocenters. The van der Waals surface area contributed by atoms with Crippen molar-refractivity contribution in [2.75, 3.05) is 12.3 Å². The van der Waals surface area contributed by atoms with Crippen LogP contribution < -0.4 is 5.73 Å². The summed E-state index contributed by atoms with van der Waals surface area (Å²) in [7, 11) is 0. The van der Waals surface area contributed by atoms with Crippen LogP contribution in [0.1, 0.15) is 26.3 Å². The zero-order chi connectivity index (χ0) is 19.0. The molecule has 3 unspecified atom stereocenters. The topological polar surface area (TPSA) is 122 Å². The average molecular weight is 471 g/mol. The maximum Gasteiger partial charge on any atom is 0.302 e. The van der Waals surface area contributed by atoms with Gasteiger partial charge in [0.15, 0.2) is 5.65 Å². The first-order valence-corrected chi connectivity index (χ1v) is 9.00. The third-order valence-corrected chi connectivity index (χ3v) is 5.08. The molecule has 0 radical (unpaired) electrons. The van der Waals surface area contributed by atoms with Crippen LogP contribution in [0.5, 0.6) is 0 Å². The maximum atomic E-state index is 11.5. The lowest BCUT2D eigenvalue weighted by Crippen LogP contribution is -2.26. The first-order valence-electron chi connectivity index (χ1n) is 7.92.